The van der Waals surface area contributed by atoms with Crippen molar-refractivity contribution in [3.05, 3.63) is 64.8 Å². The zero-order valence-corrected chi connectivity index (χ0v) is 12.9. The summed E-state index contributed by atoms with van der Waals surface area (Å²) in [6, 6.07) is 13.0. The molecule has 0 radical (unpaired) electrons. The van der Waals surface area contributed by atoms with Crippen molar-refractivity contribution in [2.45, 2.75) is 0 Å². The Balaban J connectivity index is 1.99. The van der Waals surface area contributed by atoms with Gasteiger partial charge in [0.05, 0.1) is 6.33 Å². The molecule has 0 aliphatic carbocycles. The molecule has 4 aromatic rings. The number of rotatable bonds is 1. The lowest BCUT2D eigenvalue weighted by molar-refractivity contribution is 0.302. The number of nitrogens with zero attached hydrogens (tertiary/aromatic N) is 3. The minimum absolute atomic E-state index is 0.454. The number of para-hydroxylation sites is 1. The Labute approximate surface area is 133 Å². The van der Waals surface area contributed by atoms with Crippen LogP contribution in [-0.2, 0) is 0 Å². The number of hydrogen-bond acceptors (Lipinski definition) is 4. The molecule has 0 saturated carbocycles. The molecule has 0 fully saturated rings. The highest BCUT2D eigenvalue weighted by molar-refractivity contribution is 9.10. The number of hydrogen-bond donors (Lipinski definition) is 1. The van der Waals surface area contributed by atoms with Gasteiger partial charge in [-0.2, -0.15) is 0 Å². The van der Waals surface area contributed by atoms with Gasteiger partial charge in [0.25, 0.3) is 0 Å². The summed E-state index contributed by atoms with van der Waals surface area (Å²) in [5.74, 6) is 0.548. The number of aromatic nitrogens is 2. The molecule has 0 spiro atoms. The van der Waals surface area contributed by atoms with Crippen molar-refractivity contribution < 1.29 is 9.62 Å². The molecule has 0 saturated heterocycles. The molecule has 6 heteroatoms. The summed E-state index contributed by atoms with van der Waals surface area (Å²) in [5, 5.41) is 13.8. The van der Waals surface area contributed by atoms with E-state index in [0.717, 1.165) is 15.4 Å². The zero-order chi connectivity index (χ0) is 15.1. The molecule has 0 unspecified atom stereocenters. The van der Waals surface area contributed by atoms with Crippen LogP contribution in [-0.4, -0.2) is 14.6 Å². The molecule has 3 heterocycles. The van der Waals surface area contributed by atoms with E-state index in [4.69, 9.17) is 4.42 Å². The molecule has 5 nitrogen and oxygen atoms in total. The van der Waals surface area contributed by atoms with Gasteiger partial charge in [0.2, 0.25) is 0 Å². The normalized spacial score (nSPS) is 12.3. The van der Waals surface area contributed by atoms with Crippen LogP contribution in [0.15, 0.2) is 69.0 Å². The van der Waals surface area contributed by atoms with Gasteiger partial charge >= 0.3 is 0 Å². The van der Waals surface area contributed by atoms with Crippen molar-refractivity contribution in [3.63, 3.8) is 0 Å². The summed E-state index contributed by atoms with van der Waals surface area (Å²) in [5.41, 5.74) is 2.31. The van der Waals surface area contributed by atoms with E-state index in [-0.39, 0.29) is 0 Å². The molecule has 0 bridgehead atoms. The Morgan fingerprint density at radius 3 is 2.91 bits per heavy atom. The van der Waals surface area contributed by atoms with Crippen LogP contribution in [0.4, 0.5) is 0 Å². The molecule has 3 aromatic heterocycles. The van der Waals surface area contributed by atoms with Crippen molar-refractivity contribution >= 4 is 32.4 Å². The van der Waals surface area contributed by atoms with Crippen molar-refractivity contribution in [2.24, 2.45) is 5.16 Å². The second-order valence-corrected chi connectivity index (χ2v) is 5.77. The fourth-order valence-corrected chi connectivity index (χ4v) is 2.89. The molecule has 1 aromatic carbocycles. The lowest BCUT2D eigenvalue weighted by atomic mass is 10.2. The zero-order valence-electron chi connectivity index (χ0n) is 11.3. The average Bonchev–Trinajstić information content (AvgIpc) is 2.92. The smallest absolute Gasteiger partial charge is 0.155 e. The largest absolute Gasteiger partial charge is 0.454 e. The van der Waals surface area contributed by atoms with Gasteiger partial charge in [0.15, 0.2) is 5.76 Å². The van der Waals surface area contributed by atoms with Gasteiger partial charge in [-0.1, -0.05) is 17.3 Å². The number of benzene rings is 1. The monoisotopic (exact) mass is 355 g/mol. The summed E-state index contributed by atoms with van der Waals surface area (Å²) in [7, 11) is 0. The van der Waals surface area contributed by atoms with E-state index in [0.29, 0.717) is 22.4 Å². The van der Waals surface area contributed by atoms with Crippen LogP contribution in [0.25, 0.3) is 27.9 Å². The first-order chi connectivity index (χ1) is 10.7. The molecule has 22 heavy (non-hydrogen) atoms. The molecule has 0 aliphatic rings. The van der Waals surface area contributed by atoms with Gasteiger partial charge in [0, 0.05) is 27.6 Å². The van der Waals surface area contributed by atoms with Crippen LogP contribution in [0.5, 0.6) is 0 Å². The van der Waals surface area contributed by atoms with Gasteiger partial charge < -0.3 is 14.0 Å². The molecule has 4 rings (SSSR count). The van der Waals surface area contributed by atoms with E-state index in [1.807, 2.05) is 47.0 Å². The van der Waals surface area contributed by atoms with Crippen molar-refractivity contribution in [1.29, 1.82) is 0 Å². The topological polar surface area (TPSA) is 63.0 Å². The van der Waals surface area contributed by atoms with Crippen LogP contribution >= 0.6 is 15.9 Å². The minimum atomic E-state index is 0.454. The number of halogens is 1. The first-order valence-corrected chi connectivity index (χ1v) is 7.38. The summed E-state index contributed by atoms with van der Waals surface area (Å²) in [6.07, 6.45) is 3.65. The first-order valence-electron chi connectivity index (χ1n) is 6.59. The maximum absolute atomic E-state index is 9.23. The fourth-order valence-electron chi connectivity index (χ4n) is 2.44. The Kier molecular flexibility index (Phi) is 2.97. The Bertz CT molecular complexity index is 1070. The van der Waals surface area contributed by atoms with Crippen molar-refractivity contribution in [3.8, 4) is 11.5 Å². The number of fused-ring (bicyclic) bond motifs is 2. The fraction of sp³-hybridized carbons (Fsp3) is 0. The summed E-state index contributed by atoms with van der Waals surface area (Å²) in [4.78, 5) is 4.40. The van der Waals surface area contributed by atoms with Gasteiger partial charge in [-0.25, -0.2) is 4.98 Å². The van der Waals surface area contributed by atoms with Gasteiger partial charge in [0.1, 0.15) is 16.6 Å². The maximum atomic E-state index is 9.23. The van der Waals surface area contributed by atoms with Gasteiger partial charge in [-0.05, 0) is 40.2 Å². The lowest BCUT2D eigenvalue weighted by Gasteiger charge is -2.04. The first kappa shape index (κ1) is 13.1. The maximum Gasteiger partial charge on any atom is 0.155 e. The Morgan fingerprint density at radius 2 is 2.05 bits per heavy atom. The standard InChI is InChI=1S/C16H10BrN3O2/c17-10-5-11-6-14(18-9-20(11)8-10)16-7-13(19-21)12-3-1-2-4-15(12)22-16/h1-9,21H/b19-13-. The van der Waals surface area contributed by atoms with Gasteiger partial charge in [-0.3, -0.25) is 0 Å². The van der Waals surface area contributed by atoms with E-state index in [1.165, 1.54) is 0 Å². The van der Waals surface area contributed by atoms with E-state index >= 15 is 0 Å². The van der Waals surface area contributed by atoms with E-state index in [9.17, 15) is 5.21 Å². The molecule has 0 aliphatic heterocycles. The summed E-state index contributed by atoms with van der Waals surface area (Å²) >= 11 is 3.44. The molecule has 0 atom stereocenters. The van der Waals surface area contributed by atoms with Crippen LogP contribution in [0, 0.1) is 0 Å². The Morgan fingerprint density at radius 1 is 1.18 bits per heavy atom. The predicted molar refractivity (Wildman–Crippen MR) is 85.4 cm³/mol. The average molecular weight is 356 g/mol. The summed E-state index contributed by atoms with van der Waals surface area (Å²) < 4.78 is 8.78. The third-order valence-corrected chi connectivity index (χ3v) is 3.90. The van der Waals surface area contributed by atoms with Crippen LogP contribution in [0.3, 0.4) is 0 Å². The van der Waals surface area contributed by atoms with Gasteiger partial charge in [-0.15, -0.1) is 0 Å². The third kappa shape index (κ3) is 2.08. The van der Waals surface area contributed by atoms with Crippen LogP contribution in [0.1, 0.15) is 0 Å². The second-order valence-electron chi connectivity index (χ2n) is 4.86. The Hall–Kier alpha value is -2.60. The molecular formula is C16H10BrN3O2. The summed E-state index contributed by atoms with van der Waals surface area (Å²) in [6.45, 7) is 0. The quantitative estimate of drug-likeness (QED) is 0.417. The third-order valence-electron chi connectivity index (χ3n) is 3.46. The highest BCUT2D eigenvalue weighted by Gasteiger charge is 2.08. The van der Waals surface area contributed by atoms with Crippen LogP contribution in [0.2, 0.25) is 0 Å². The van der Waals surface area contributed by atoms with E-state index in [1.54, 1.807) is 12.4 Å². The SMILES string of the molecule is O/N=c1/cc(-c2cc3cc(Br)cn3cn2)oc2ccccc12. The highest BCUT2D eigenvalue weighted by atomic mass is 79.9. The molecule has 108 valence electrons. The molecule has 0 amide bonds. The molecular weight excluding hydrogens is 346 g/mol. The van der Waals surface area contributed by atoms with E-state index < -0.39 is 0 Å². The van der Waals surface area contributed by atoms with Crippen molar-refractivity contribution in [2.75, 3.05) is 0 Å². The highest BCUT2D eigenvalue weighted by Crippen LogP contribution is 2.23. The van der Waals surface area contributed by atoms with E-state index in [2.05, 4.69) is 26.1 Å². The lowest BCUT2D eigenvalue weighted by Crippen LogP contribution is -2.03. The predicted octanol–water partition coefficient (Wildman–Crippen LogP) is 3.80. The second kappa shape index (κ2) is 4.99. The molecule has 1 N–H and O–H groups in total. The minimum Gasteiger partial charge on any atom is -0.454 e. The van der Waals surface area contributed by atoms with Crippen molar-refractivity contribution in [1.82, 2.24) is 9.38 Å². The van der Waals surface area contributed by atoms with Crippen LogP contribution < -0.4 is 5.36 Å².